The minimum Gasteiger partial charge on any atom is -0.460 e. The Kier molecular flexibility index (Phi) is 5.61. The highest BCUT2D eigenvalue weighted by Gasteiger charge is 2.33. The minimum atomic E-state index is -0.394. The van der Waals surface area contributed by atoms with Gasteiger partial charge in [0.25, 0.3) is 0 Å². The maximum atomic E-state index is 11.5. The molecular weight excluding hydrogens is 260 g/mol. The van der Waals surface area contributed by atoms with Gasteiger partial charge in [-0.1, -0.05) is 49.8 Å². The molecule has 0 aliphatic heterocycles. The minimum absolute atomic E-state index is 0.127. The Morgan fingerprint density at radius 3 is 2.74 bits per heavy atom. The van der Waals surface area contributed by atoms with Crippen molar-refractivity contribution in [2.24, 2.45) is 0 Å². The van der Waals surface area contributed by atoms with Crippen LogP contribution in [0.4, 0.5) is 0 Å². The summed E-state index contributed by atoms with van der Waals surface area (Å²) >= 11 is 5.52. The third-order valence-corrected chi connectivity index (χ3v) is 3.55. The molecule has 1 rings (SSSR count). The van der Waals surface area contributed by atoms with Crippen molar-refractivity contribution in [3.05, 3.63) is 48.0 Å². The first-order valence-electron chi connectivity index (χ1n) is 6.35. The molecule has 0 saturated heterocycles. The molecule has 1 unspecified atom stereocenters. The fourth-order valence-electron chi connectivity index (χ4n) is 2.06. The Hall–Kier alpha value is -1.28. The van der Waals surface area contributed by atoms with E-state index in [4.69, 9.17) is 16.3 Å². The zero-order valence-electron chi connectivity index (χ0n) is 11.8. The average molecular weight is 281 g/mol. The fraction of sp³-hybridized carbons (Fsp3) is 0.438. The lowest BCUT2D eigenvalue weighted by molar-refractivity contribution is -0.149. The second kappa shape index (κ2) is 6.76. The standard InChI is InChI=1S/C16H21ClO2/c1-5-7-14(19-15(18)11-17)16(3,4)13-9-6-8-12(2)10-13/h5-6,8-10,14H,1,7,11H2,2-4H3. The quantitative estimate of drug-likeness (QED) is 0.447. The van der Waals surface area contributed by atoms with Gasteiger partial charge in [-0.05, 0) is 12.5 Å². The Morgan fingerprint density at radius 2 is 2.21 bits per heavy atom. The number of hydrogen-bond acceptors (Lipinski definition) is 2. The summed E-state index contributed by atoms with van der Waals surface area (Å²) in [6.07, 6.45) is 2.10. The molecule has 0 bridgehead atoms. The van der Waals surface area contributed by atoms with Gasteiger partial charge in [-0.25, -0.2) is 0 Å². The third-order valence-electron chi connectivity index (χ3n) is 3.33. The van der Waals surface area contributed by atoms with Gasteiger partial charge in [0.05, 0.1) is 0 Å². The zero-order chi connectivity index (χ0) is 14.5. The molecule has 1 aromatic rings. The van der Waals surface area contributed by atoms with Crippen molar-refractivity contribution in [1.82, 2.24) is 0 Å². The number of aryl methyl sites for hydroxylation is 1. The second-order valence-corrected chi connectivity index (χ2v) is 5.49. The summed E-state index contributed by atoms with van der Waals surface area (Å²) in [5.41, 5.74) is 2.04. The molecule has 2 nitrogen and oxygen atoms in total. The summed E-state index contributed by atoms with van der Waals surface area (Å²) in [5, 5.41) is 0. The van der Waals surface area contributed by atoms with Gasteiger partial charge < -0.3 is 4.74 Å². The van der Waals surface area contributed by atoms with E-state index in [2.05, 4.69) is 32.6 Å². The lowest BCUT2D eigenvalue weighted by atomic mass is 9.77. The van der Waals surface area contributed by atoms with Gasteiger partial charge in [-0.15, -0.1) is 18.2 Å². The summed E-state index contributed by atoms with van der Waals surface area (Å²) in [7, 11) is 0. The van der Waals surface area contributed by atoms with Crippen LogP contribution in [0, 0.1) is 6.92 Å². The predicted octanol–water partition coefficient (Wildman–Crippen LogP) is 4.00. The van der Waals surface area contributed by atoms with Crippen molar-refractivity contribution in [3.8, 4) is 0 Å². The van der Waals surface area contributed by atoms with E-state index in [1.54, 1.807) is 6.08 Å². The maximum Gasteiger partial charge on any atom is 0.321 e. The van der Waals surface area contributed by atoms with Crippen molar-refractivity contribution in [2.75, 3.05) is 5.88 Å². The molecule has 0 amide bonds. The highest BCUT2D eigenvalue weighted by atomic mass is 35.5. The number of ether oxygens (including phenoxy) is 1. The van der Waals surface area contributed by atoms with E-state index >= 15 is 0 Å². The van der Waals surface area contributed by atoms with E-state index < -0.39 is 5.97 Å². The van der Waals surface area contributed by atoms with Crippen LogP contribution in [-0.2, 0) is 14.9 Å². The van der Waals surface area contributed by atoms with Gasteiger partial charge in [0.1, 0.15) is 12.0 Å². The number of rotatable bonds is 6. The van der Waals surface area contributed by atoms with Crippen LogP contribution >= 0.6 is 11.6 Å². The van der Waals surface area contributed by atoms with Gasteiger partial charge in [0.15, 0.2) is 0 Å². The Bertz CT molecular complexity index is 452. The van der Waals surface area contributed by atoms with Crippen LogP contribution in [0.25, 0.3) is 0 Å². The molecule has 1 aromatic carbocycles. The summed E-state index contributed by atoms with van der Waals surface area (Å²) in [5.74, 6) is -0.522. The fourth-order valence-corrected chi connectivity index (χ4v) is 2.13. The summed E-state index contributed by atoms with van der Waals surface area (Å²) in [6.45, 7) is 9.92. The molecule has 0 fully saturated rings. The molecule has 0 spiro atoms. The Labute approximate surface area is 120 Å². The van der Waals surface area contributed by atoms with Crippen LogP contribution < -0.4 is 0 Å². The Balaban J connectivity index is 3.04. The van der Waals surface area contributed by atoms with E-state index in [0.717, 1.165) is 5.56 Å². The van der Waals surface area contributed by atoms with Crippen molar-refractivity contribution in [1.29, 1.82) is 0 Å². The van der Waals surface area contributed by atoms with E-state index in [9.17, 15) is 4.79 Å². The topological polar surface area (TPSA) is 26.3 Å². The number of benzene rings is 1. The average Bonchev–Trinajstić information content (AvgIpc) is 2.38. The molecular formula is C16H21ClO2. The van der Waals surface area contributed by atoms with Crippen LogP contribution in [0.5, 0.6) is 0 Å². The highest BCUT2D eigenvalue weighted by Crippen LogP contribution is 2.31. The first-order valence-corrected chi connectivity index (χ1v) is 6.88. The number of alkyl halides is 1. The molecule has 0 aromatic heterocycles. The summed E-state index contributed by atoms with van der Waals surface area (Å²) in [4.78, 5) is 11.5. The zero-order valence-corrected chi connectivity index (χ0v) is 12.5. The van der Waals surface area contributed by atoms with Crippen molar-refractivity contribution < 1.29 is 9.53 Å². The second-order valence-electron chi connectivity index (χ2n) is 5.23. The van der Waals surface area contributed by atoms with Crippen molar-refractivity contribution in [3.63, 3.8) is 0 Å². The van der Waals surface area contributed by atoms with Gasteiger partial charge in [0.2, 0.25) is 0 Å². The van der Waals surface area contributed by atoms with E-state index in [0.29, 0.717) is 6.42 Å². The van der Waals surface area contributed by atoms with Crippen LogP contribution in [0.1, 0.15) is 31.4 Å². The smallest absolute Gasteiger partial charge is 0.321 e. The van der Waals surface area contributed by atoms with Crippen LogP contribution in [0.2, 0.25) is 0 Å². The lowest BCUT2D eigenvalue weighted by Crippen LogP contribution is -2.37. The summed E-state index contributed by atoms with van der Waals surface area (Å²) < 4.78 is 5.46. The molecule has 104 valence electrons. The van der Waals surface area contributed by atoms with Crippen LogP contribution in [-0.4, -0.2) is 18.0 Å². The third kappa shape index (κ3) is 4.10. The van der Waals surface area contributed by atoms with E-state index in [-0.39, 0.29) is 17.4 Å². The maximum absolute atomic E-state index is 11.5. The van der Waals surface area contributed by atoms with Gasteiger partial charge in [-0.3, -0.25) is 4.79 Å². The number of hydrogen-bond donors (Lipinski definition) is 0. The van der Waals surface area contributed by atoms with E-state index in [1.807, 2.05) is 19.1 Å². The highest BCUT2D eigenvalue weighted by molar-refractivity contribution is 6.26. The monoisotopic (exact) mass is 280 g/mol. The van der Waals surface area contributed by atoms with Crippen molar-refractivity contribution in [2.45, 2.75) is 38.7 Å². The first kappa shape index (κ1) is 15.8. The van der Waals surface area contributed by atoms with Crippen molar-refractivity contribution >= 4 is 17.6 Å². The molecule has 0 saturated carbocycles. The number of halogens is 1. The van der Waals surface area contributed by atoms with E-state index in [1.165, 1.54) is 5.56 Å². The molecule has 3 heteroatoms. The number of carbonyl (C=O) groups excluding carboxylic acids is 1. The first-order chi connectivity index (χ1) is 8.91. The van der Waals surface area contributed by atoms with Crippen LogP contribution in [0.15, 0.2) is 36.9 Å². The van der Waals surface area contributed by atoms with Gasteiger partial charge >= 0.3 is 5.97 Å². The number of esters is 1. The summed E-state index contributed by atoms with van der Waals surface area (Å²) in [6, 6.07) is 8.23. The number of carbonyl (C=O) groups is 1. The predicted molar refractivity (Wildman–Crippen MR) is 79.6 cm³/mol. The largest absolute Gasteiger partial charge is 0.460 e. The molecule has 0 aliphatic rings. The lowest BCUT2D eigenvalue weighted by Gasteiger charge is -2.34. The molecule has 0 heterocycles. The van der Waals surface area contributed by atoms with Crippen LogP contribution in [0.3, 0.4) is 0 Å². The van der Waals surface area contributed by atoms with Gasteiger partial charge in [0, 0.05) is 11.8 Å². The molecule has 1 atom stereocenters. The molecule has 0 N–H and O–H groups in total. The Morgan fingerprint density at radius 1 is 1.53 bits per heavy atom. The van der Waals surface area contributed by atoms with Gasteiger partial charge in [-0.2, -0.15) is 0 Å². The normalized spacial score (nSPS) is 12.8. The molecule has 19 heavy (non-hydrogen) atoms. The molecule has 0 aliphatic carbocycles. The SMILES string of the molecule is C=CCC(OC(=O)CCl)C(C)(C)c1cccc(C)c1. The molecule has 0 radical (unpaired) electrons.